The lowest BCUT2D eigenvalue weighted by atomic mass is 9.97. The number of hydrogen-bond donors (Lipinski definition) is 2. The summed E-state index contributed by atoms with van der Waals surface area (Å²) in [5.41, 5.74) is 1.57. The molecule has 0 spiro atoms. The van der Waals surface area contributed by atoms with Crippen molar-refractivity contribution in [2.75, 3.05) is 6.54 Å². The predicted octanol–water partition coefficient (Wildman–Crippen LogP) is 2.72. The SMILES string of the molecule is CC(CCC(=O)O)NCCC1=CCCCC1. The fourth-order valence-electron chi connectivity index (χ4n) is 2.05. The summed E-state index contributed by atoms with van der Waals surface area (Å²) >= 11 is 0. The largest absolute Gasteiger partial charge is 0.481 e. The molecule has 0 aliphatic heterocycles. The summed E-state index contributed by atoms with van der Waals surface area (Å²) < 4.78 is 0. The standard InChI is InChI=1S/C13H23NO2/c1-11(7-8-13(15)16)14-10-9-12-5-3-2-4-6-12/h5,11,14H,2-4,6-10H2,1H3,(H,15,16). The van der Waals surface area contributed by atoms with Crippen molar-refractivity contribution in [2.45, 2.75) is 57.9 Å². The van der Waals surface area contributed by atoms with E-state index in [1.54, 1.807) is 5.57 Å². The zero-order chi connectivity index (χ0) is 11.8. The maximum Gasteiger partial charge on any atom is 0.303 e. The Hall–Kier alpha value is -0.830. The van der Waals surface area contributed by atoms with E-state index in [2.05, 4.69) is 18.3 Å². The monoisotopic (exact) mass is 225 g/mol. The van der Waals surface area contributed by atoms with Crippen LogP contribution in [0.3, 0.4) is 0 Å². The molecule has 0 amide bonds. The van der Waals surface area contributed by atoms with Crippen LogP contribution in [0.1, 0.15) is 51.9 Å². The molecule has 1 unspecified atom stereocenters. The summed E-state index contributed by atoms with van der Waals surface area (Å²) in [4.78, 5) is 10.4. The molecule has 1 atom stereocenters. The zero-order valence-corrected chi connectivity index (χ0v) is 10.2. The molecule has 1 aliphatic carbocycles. The van der Waals surface area contributed by atoms with Gasteiger partial charge in [0.25, 0.3) is 0 Å². The lowest BCUT2D eigenvalue weighted by Crippen LogP contribution is -2.27. The van der Waals surface area contributed by atoms with Gasteiger partial charge in [0.05, 0.1) is 0 Å². The van der Waals surface area contributed by atoms with Crippen LogP contribution in [0.4, 0.5) is 0 Å². The Balaban J connectivity index is 2.05. The molecule has 0 aromatic carbocycles. The van der Waals surface area contributed by atoms with Gasteiger partial charge in [-0.15, -0.1) is 0 Å². The minimum Gasteiger partial charge on any atom is -0.481 e. The van der Waals surface area contributed by atoms with Crippen LogP contribution in [0.25, 0.3) is 0 Å². The van der Waals surface area contributed by atoms with E-state index >= 15 is 0 Å². The van der Waals surface area contributed by atoms with Crippen molar-refractivity contribution >= 4 is 5.97 Å². The summed E-state index contributed by atoms with van der Waals surface area (Å²) in [6.45, 7) is 3.03. The van der Waals surface area contributed by atoms with Crippen molar-refractivity contribution < 1.29 is 9.90 Å². The van der Waals surface area contributed by atoms with E-state index in [-0.39, 0.29) is 6.42 Å². The lowest BCUT2D eigenvalue weighted by Gasteiger charge is -2.16. The number of rotatable bonds is 7. The minimum absolute atomic E-state index is 0.261. The van der Waals surface area contributed by atoms with E-state index in [1.165, 1.54) is 25.7 Å². The van der Waals surface area contributed by atoms with E-state index in [9.17, 15) is 4.79 Å². The van der Waals surface area contributed by atoms with Gasteiger partial charge in [0, 0.05) is 12.5 Å². The predicted molar refractivity (Wildman–Crippen MR) is 65.5 cm³/mol. The number of carboxylic acids is 1. The summed E-state index contributed by atoms with van der Waals surface area (Å²) in [5.74, 6) is -0.705. The minimum atomic E-state index is -0.705. The number of hydrogen-bond acceptors (Lipinski definition) is 2. The molecule has 0 fully saturated rings. The van der Waals surface area contributed by atoms with Crippen molar-refractivity contribution in [3.8, 4) is 0 Å². The molecule has 1 aliphatic rings. The first kappa shape index (κ1) is 13.2. The Kier molecular flexibility index (Phi) is 6.16. The fraction of sp³-hybridized carbons (Fsp3) is 0.769. The number of aliphatic carboxylic acids is 1. The topological polar surface area (TPSA) is 49.3 Å². The quantitative estimate of drug-likeness (QED) is 0.655. The summed E-state index contributed by atoms with van der Waals surface area (Å²) in [5, 5.41) is 11.9. The molecule has 3 heteroatoms. The van der Waals surface area contributed by atoms with Gasteiger partial charge in [-0.05, 0) is 52.0 Å². The van der Waals surface area contributed by atoms with Gasteiger partial charge in [-0.1, -0.05) is 11.6 Å². The molecule has 92 valence electrons. The number of allylic oxidation sites excluding steroid dienone is 1. The molecule has 0 bridgehead atoms. The van der Waals surface area contributed by atoms with Crippen LogP contribution >= 0.6 is 0 Å². The normalized spacial score (nSPS) is 17.9. The van der Waals surface area contributed by atoms with Gasteiger partial charge in [-0.3, -0.25) is 4.79 Å². The molecule has 3 nitrogen and oxygen atoms in total. The van der Waals surface area contributed by atoms with Crippen molar-refractivity contribution in [2.24, 2.45) is 0 Å². The number of carboxylic acid groups (broad SMARTS) is 1. The van der Waals surface area contributed by atoms with Gasteiger partial charge in [0.1, 0.15) is 0 Å². The summed E-state index contributed by atoms with van der Waals surface area (Å²) in [6.07, 6.45) is 9.64. The maximum absolute atomic E-state index is 10.4. The number of nitrogens with one attached hydrogen (secondary N) is 1. The zero-order valence-electron chi connectivity index (χ0n) is 10.2. The van der Waals surface area contributed by atoms with E-state index in [0.29, 0.717) is 12.5 Å². The van der Waals surface area contributed by atoms with E-state index < -0.39 is 5.97 Å². The number of carbonyl (C=O) groups is 1. The second kappa shape index (κ2) is 7.44. The van der Waals surface area contributed by atoms with Crippen LogP contribution in [0, 0.1) is 0 Å². The molecule has 0 radical (unpaired) electrons. The van der Waals surface area contributed by atoms with E-state index in [1.807, 2.05) is 0 Å². The molecule has 16 heavy (non-hydrogen) atoms. The van der Waals surface area contributed by atoms with Crippen LogP contribution in [-0.4, -0.2) is 23.7 Å². The molecule has 0 aromatic heterocycles. The molecule has 0 saturated heterocycles. The second-order valence-electron chi connectivity index (χ2n) is 4.65. The van der Waals surface area contributed by atoms with Crippen LogP contribution in [0.5, 0.6) is 0 Å². The van der Waals surface area contributed by atoms with Gasteiger partial charge in [0.15, 0.2) is 0 Å². The lowest BCUT2D eigenvalue weighted by molar-refractivity contribution is -0.137. The Labute approximate surface area is 97.9 Å². The molecule has 1 rings (SSSR count). The first-order valence-electron chi connectivity index (χ1n) is 6.31. The van der Waals surface area contributed by atoms with Gasteiger partial charge >= 0.3 is 5.97 Å². The van der Waals surface area contributed by atoms with Gasteiger partial charge in [-0.2, -0.15) is 0 Å². The highest BCUT2D eigenvalue weighted by atomic mass is 16.4. The highest BCUT2D eigenvalue weighted by molar-refractivity contribution is 5.66. The average Bonchev–Trinajstić information content (AvgIpc) is 2.28. The Morgan fingerprint density at radius 3 is 3.00 bits per heavy atom. The average molecular weight is 225 g/mol. The van der Waals surface area contributed by atoms with Gasteiger partial charge < -0.3 is 10.4 Å². The Bertz CT molecular complexity index is 248. The van der Waals surface area contributed by atoms with Crippen LogP contribution in [-0.2, 0) is 4.79 Å². The van der Waals surface area contributed by atoms with Crippen molar-refractivity contribution in [3.05, 3.63) is 11.6 Å². The highest BCUT2D eigenvalue weighted by Crippen LogP contribution is 2.19. The van der Waals surface area contributed by atoms with Gasteiger partial charge in [0.2, 0.25) is 0 Å². The van der Waals surface area contributed by atoms with Crippen LogP contribution < -0.4 is 5.32 Å². The van der Waals surface area contributed by atoms with E-state index in [4.69, 9.17) is 5.11 Å². The third-order valence-corrected chi connectivity index (χ3v) is 3.12. The van der Waals surface area contributed by atoms with Crippen LogP contribution in [0.15, 0.2) is 11.6 Å². The smallest absolute Gasteiger partial charge is 0.303 e. The molecular weight excluding hydrogens is 202 g/mol. The van der Waals surface area contributed by atoms with Gasteiger partial charge in [-0.25, -0.2) is 0 Å². The second-order valence-corrected chi connectivity index (χ2v) is 4.65. The summed E-state index contributed by atoms with van der Waals surface area (Å²) in [7, 11) is 0. The van der Waals surface area contributed by atoms with Crippen LogP contribution in [0.2, 0.25) is 0 Å². The highest BCUT2D eigenvalue weighted by Gasteiger charge is 2.06. The van der Waals surface area contributed by atoms with Crippen molar-refractivity contribution in [3.63, 3.8) is 0 Å². The van der Waals surface area contributed by atoms with E-state index in [0.717, 1.165) is 13.0 Å². The molecule has 0 heterocycles. The summed E-state index contributed by atoms with van der Waals surface area (Å²) in [6, 6.07) is 0.306. The van der Waals surface area contributed by atoms with Crippen molar-refractivity contribution in [1.29, 1.82) is 0 Å². The molecule has 2 N–H and O–H groups in total. The maximum atomic E-state index is 10.4. The Morgan fingerprint density at radius 2 is 2.38 bits per heavy atom. The molecule has 0 aromatic rings. The third kappa shape index (κ3) is 5.91. The molecule has 0 saturated carbocycles. The Morgan fingerprint density at radius 1 is 1.56 bits per heavy atom. The first-order chi connectivity index (χ1) is 7.68. The fourth-order valence-corrected chi connectivity index (χ4v) is 2.05. The van der Waals surface area contributed by atoms with Crippen molar-refractivity contribution in [1.82, 2.24) is 5.32 Å². The first-order valence-corrected chi connectivity index (χ1v) is 6.31. The third-order valence-electron chi connectivity index (χ3n) is 3.12. The molecular formula is C13H23NO2.